The summed E-state index contributed by atoms with van der Waals surface area (Å²) in [6.45, 7) is 5.03. The number of amides is 1. The summed E-state index contributed by atoms with van der Waals surface area (Å²) in [5.74, 6) is 0.933. The second-order valence-electron chi connectivity index (χ2n) is 8.15. The van der Waals surface area contributed by atoms with E-state index < -0.39 is 6.09 Å². The van der Waals surface area contributed by atoms with Crippen LogP contribution in [0.4, 0.5) is 10.5 Å². The van der Waals surface area contributed by atoms with Crippen molar-refractivity contribution in [2.75, 3.05) is 18.9 Å². The van der Waals surface area contributed by atoms with Gasteiger partial charge in [0.15, 0.2) is 5.75 Å². The Morgan fingerprint density at radius 3 is 2.82 bits per heavy atom. The van der Waals surface area contributed by atoms with Crippen LogP contribution in [-0.4, -0.2) is 30.6 Å². The number of ether oxygens (including phenoxy) is 1. The number of nitrogens with zero attached hydrogens (tertiary/aromatic N) is 1. The van der Waals surface area contributed by atoms with Crippen molar-refractivity contribution in [1.82, 2.24) is 4.90 Å². The maximum atomic E-state index is 12.5. The molecule has 2 atom stereocenters. The monoisotopic (exact) mass is 398 g/mol. The van der Waals surface area contributed by atoms with Gasteiger partial charge in [-0.15, -0.1) is 0 Å². The predicted octanol–water partition coefficient (Wildman–Crippen LogP) is 5.69. The van der Waals surface area contributed by atoms with Gasteiger partial charge in [-0.3, -0.25) is 5.32 Å². The minimum absolute atomic E-state index is 0.442. The fraction of sp³-hybridized carbons (Fsp3) is 0.435. The molecule has 28 heavy (non-hydrogen) atoms. The third-order valence-corrected chi connectivity index (χ3v) is 6.49. The quantitative estimate of drug-likeness (QED) is 0.706. The van der Waals surface area contributed by atoms with Gasteiger partial charge in [-0.05, 0) is 81.0 Å². The van der Waals surface area contributed by atoms with E-state index in [4.69, 9.17) is 16.3 Å². The summed E-state index contributed by atoms with van der Waals surface area (Å²) in [6.07, 6.45) is 4.12. The fourth-order valence-corrected chi connectivity index (χ4v) is 4.96. The molecule has 1 aliphatic heterocycles. The third-order valence-electron chi connectivity index (χ3n) is 6.19. The van der Waals surface area contributed by atoms with Crippen molar-refractivity contribution in [3.8, 4) is 5.75 Å². The zero-order valence-corrected chi connectivity index (χ0v) is 17.5. The minimum Gasteiger partial charge on any atom is -0.408 e. The molecule has 2 unspecified atom stereocenters. The second kappa shape index (κ2) is 7.76. The van der Waals surface area contributed by atoms with Gasteiger partial charge in [-0.2, -0.15) is 0 Å². The maximum Gasteiger partial charge on any atom is 0.417 e. The number of fused-ring (bicyclic) bond motifs is 3. The first-order valence-electron chi connectivity index (χ1n) is 10.0. The number of aryl methyl sites for hydroxylation is 2. The number of benzene rings is 2. The molecule has 0 aromatic heterocycles. The molecule has 0 spiro atoms. The lowest BCUT2D eigenvalue weighted by Crippen LogP contribution is -2.32. The van der Waals surface area contributed by atoms with E-state index in [-0.39, 0.29) is 0 Å². The summed E-state index contributed by atoms with van der Waals surface area (Å²) in [6, 6.07) is 10.5. The van der Waals surface area contributed by atoms with Crippen molar-refractivity contribution >= 4 is 23.4 Å². The molecule has 148 valence electrons. The molecule has 2 aromatic carbocycles. The highest BCUT2D eigenvalue weighted by Gasteiger charge is 2.35. The van der Waals surface area contributed by atoms with Crippen LogP contribution in [-0.2, 0) is 6.42 Å². The van der Waals surface area contributed by atoms with Crippen LogP contribution in [0, 0.1) is 13.8 Å². The molecule has 2 aromatic rings. The first-order chi connectivity index (χ1) is 13.4. The molecule has 1 fully saturated rings. The van der Waals surface area contributed by atoms with Crippen LogP contribution >= 0.6 is 11.6 Å². The van der Waals surface area contributed by atoms with Crippen molar-refractivity contribution in [3.63, 3.8) is 0 Å². The van der Waals surface area contributed by atoms with Gasteiger partial charge in [0.25, 0.3) is 0 Å². The zero-order valence-electron chi connectivity index (χ0n) is 16.7. The molecule has 4 nitrogen and oxygen atoms in total. The highest BCUT2D eigenvalue weighted by molar-refractivity contribution is 6.32. The lowest BCUT2D eigenvalue weighted by atomic mass is 9.90. The Bertz CT molecular complexity index is 912. The van der Waals surface area contributed by atoms with E-state index in [1.54, 1.807) is 0 Å². The number of anilines is 1. The summed E-state index contributed by atoms with van der Waals surface area (Å²) in [5.41, 5.74) is 5.49. The Kier molecular flexibility index (Phi) is 5.35. The number of carbonyl (C=O) groups excluding carboxylic acids is 1. The van der Waals surface area contributed by atoms with Crippen molar-refractivity contribution in [3.05, 3.63) is 57.6 Å². The Morgan fingerprint density at radius 1 is 1.21 bits per heavy atom. The van der Waals surface area contributed by atoms with E-state index in [2.05, 4.69) is 17.3 Å². The van der Waals surface area contributed by atoms with E-state index in [0.29, 0.717) is 22.7 Å². The summed E-state index contributed by atoms with van der Waals surface area (Å²) in [4.78, 5) is 15.0. The van der Waals surface area contributed by atoms with Crippen LogP contribution in [0.3, 0.4) is 0 Å². The lowest BCUT2D eigenvalue weighted by molar-refractivity contribution is 0.215. The number of likely N-dealkylation sites (N-methyl/N-ethyl adjacent to an activating group) is 1. The Balaban J connectivity index is 1.57. The number of halogens is 1. The summed E-state index contributed by atoms with van der Waals surface area (Å²) < 4.78 is 5.62. The average molecular weight is 399 g/mol. The highest BCUT2D eigenvalue weighted by atomic mass is 35.5. The molecule has 0 radical (unpaired) electrons. The molecule has 2 aliphatic rings. The normalized spacial score (nSPS) is 21.6. The molecular formula is C23H27ClN2O2. The van der Waals surface area contributed by atoms with Gasteiger partial charge >= 0.3 is 6.09 Å². The van der Waals surface area contributed by atoms with E-state index in [9.17, 15) is 4.79 Å². The molecule has 1 N–H and O–H groups in total. The summed E-state index contributed by atoms with van der Waals surface area (Å²) in [7, 11) is 2.21. The predicted molar refractivity (Wildman–Crippen MR) is 114 cm³/mol. The SMILES string of the molecule is Cc1ccc(NC(=O)Oc2cc3c(cc2Cl)CCN(C)C2CCCC32)c(C)c1. The maximum absolute atomic E-state index is 12.5. The number of rotatable bonds is 2. The summed E-state index contributed by atoms with van der Waals surface area (Å²) >= 11 is 6.47. The standard InChI is InChI=1S/C23H27ClN2O2/c1-14-7-8-20(15(2)11-14)25-23(27)28-22-13-18-16(12-19(22)24)9-10-26(3)21-6-4-5-17(18)21/h7-8,11-13,17,21H,4-6,9-10H2,1-3H3,(H,25,27). The van der Waals surface area contributed by atoms with Gasteiger partial charge < -0.3 is 9.64 Å². The van der Waals surface area contributed by atoms with E-state index in [1.165, 1.54) is 30.4 Å². The highest BCUT2D eigenvalue weighted by Crippen LogP contribution is 2.43. The first-order valence-corrected chi connectivity index (χ1v) is 10.4. The molecular weight excluding hydrogens is 372 g/mol. The smallest absolute Gasteiger partial charge is 0.408 e. The molecule has 1 saturated carbocycles. The van der Waals surface area contributed by atoms with E-state index >= 15 is 0 Å². The summed E-state index contributed by atoms with van der Waals surface area (Å²) in [5, 5.41) is 3.32. The topological polar surface area (TPSA) is 41.6 Å². The molecule has 1 aliphatic carbocycles. The average Bonchev–Trinajstić information content (AvgIpc) is 3.09. The molecule has 1 heterocycles. The Morgan fingerprint density at radius 2 is 2.04 bits per heavy atom. The fourth-order valence-electron chi connectivity index (χ4n) is 4.73. The van der Waals surface area contributed by atoms with Crippen LogP contribution < -0.4 is 10.1 Å². The van der Waals surface area contributed by atoms with Crippen LogP contribution in [0.25, 0.3) is 0 Å². The van der Waals surface area contributed by atoms with Gasteiger partial charge in [-0.25, -0.2) is 4.79 Å². The van der Waals surface area contributed by atoms with Gasteiger partial charge in [0.1, 0.15) is 0 Å². The van der Waals surface area contributed by atoms with Crippen molar-refractivity contribution < 1.29 is 9.53 Å². The Hall–Kier alpha value is -2.04. The van der Waals surface area contributed by atoms with Crippen LogP contribution in [0.5, 0.6) is 5.75 Å². The van der Waals surface area contributed by atoms with Gasteiger partial charge in [0.2, 0.25) is 0 Å². The molecule has 0 saturated heterocycles. The van der Waals surface area contributed by atoms with Gasteiger partial charge in [-0.1, -0.05) is 35.7 Å². The number of nitrogens with one attached hydrogen (secondary N) is 1. The van der Waals surface area contributed by atoms with Crippen molar-refractivity contribution in [2.24, 2.45) is 0 Å². The largest absolute Gasteiger partial charge is 0.417 e. The molecule has 0 bridgehead atoms. The van der Waals surface area contributed by atoms with Gasteiger partial charge in [0.05, 0.1) is 5.02 Å². The van der Waals surface area contributed by atoms with E-state index in [0.717, 1.165) is 29.8 Å². The van der Waals surface area contributed by atoms with E-state index in [1.807, 2.05) is 44.2 Å². The van der Waals surface area contributed by atoms with Gasteiger partial charge in [0, 0.05) is 18.3 Å². The lowest BCUT2D eigenvalue weighted by Gasteiger charge is -2.27. The number of hydrogen-bond donors (Lipinski definition) is 1. The van der Waals surface area contributed by atoms with Crippen LogP contribution in [0.2, 0.25) is 5.02 Å². The number of hydrogen-bond acceptors (Lipinski definition) is 3. The molecule has 1 amide bonds. The molecule has 4 rings (SSSR count). The van der Waals surface area contributed by atoms with Crippen molar-refractivity contribution in [2.45, 2.75) is 51.5 Å². The molecule has 5 heteroatoms. The Labute approximate surface area is 171 Å². The minimum atomic E-state index is -0.512. The third kappa shape index (κ3) is 3.76. The van der Waals surface area contributed by atoms with Crippen molar-refractivity contribution in [1.29, 1.82) is 0 Å². The second-order valence-corrected chi connectivity index (χ2v) is 8.56. The van der Waals surface area contributed by atoms with Crippen LogP contribution in [0.15, 0.2) is 30.3 Å². The first kappa shape index (κ1) is 19.3. The zero-order chi connectivity index (χ0) is 19.8. The van der Waals surface area contributed by atoms with Crippen LogP contribution in [0.1, 0.15) is 47.4 Å². The number of carbonyl (C=O) groups is 1.